The maximum atomic E-state index is 13.1. The average Bonchev–Trinajstić information content (AvgIpc) is 2.13. The summed E-state index contributed by atoms with van der Waals surface area (Å²) in [5.41, 5.74) is -0.645. The number of aromatic nitrogens is 1. The maximum Gasteiger partial charge on any atom is 0.283 e. The lowest BCUT2D eigenvalue weighted by Gasteiger charge is -2.05. The normalized spacial score (nSPS) is 10.3. The third-order valence-electron chi connectivity index (χ3n) is 1.54. The van der Waals surface area contributed by atoms with E-state index in [9.17, 15) is 13.2 Å². The van der Waals surface area contributed by atoms with Crippen LogP contribution in [0.1, 0.15) is 17.7 Å². The predicted octanol–water partition coefficient (Wildman–Crippen LogP) is 2.99. The zero-order valence-electron chi connectivity index (χ0n) is 6.77. The SMILES string of the molecule is N#CCc1cnc(C(F)F)c(F)c1Br. The smallest absolute Gasteiger partial charge is 0.252 e. The number of nitrogens with zero attached hydrogens (tertiary/aromatic N) is 2. The molecule has 0 fully saturated rings. The Bertz CT molecular complexity index is 387. The summed E-state index contributed by atoms with van der Waals surface area (Å²) >= 11 is 2.80. The summed E-state index contributed by atoms with van der Waals surface area (Å²) in [6.45, 7) is 0. The molecule has 0 bridgehead atoms. The Morgan fingerprint density at radius 2 is 2.21 bits per heavy atom. The molecule has 2 nitrogen and oxygen atoms in total. The Balaban J connectivity index is 3.20. The zero-order valence-corrected chi connectivity index (χ0v) is 8.35. The van der Waals surface area contributed by atoms with E-state index in [4.69, 9.17) is 5.26 Å². The molecule has 0 aromatic carbocycles. The molecule has 1 aromatic heterocycles. The lowest BCUT2D eigenvalue weighted by Crippen LogP contribution is -2.00. The van der Waals surface area contributed by atoms with Gasteiger partial charge in [-0.15, -0.1) is 0 Å². The summed E-state index contributed by atoms with van der Waals surface area (Å²) in [6, 6.07) is 1.78. The van der Waals surface area contributed by atoms with Crippen LogP contribution in [0.2, 0.25) is 0 Å². The zero-order chi connectivity index (χ0) is 10.7. The van der Waals surface area contributed by atoms with Gasteiger partial charge < -0.3 is 0 Å². The third-order valence-corrected chi connectivity index (χ3v) is 2.39. The first kappa shape index (κ1) is 11.0. The van der Waals surface area contributed by atoms with Crippen molar-refractivity contribution in [2.75, 3.05) is 0 Å². The van der Waals surface area contributed by atoms with Gasteiger partial charge in [-0.1, -0.05) is 0 Å². The molecule has 14 heavy (non-hydrogen) atoms. The Morgan fingerprint density at radius 1 is 1.57 bits per heavy atom. The number of hydrogen-bond donors (Lipinski definition) is 0. The van der Waals surface area contributed by atoms with Gasteiger partial charge in [0.2, 0.25) is 0 Å². The van der Waals surface area contributed by atoms with Crippen LogP contribution in [0.3, 0.4) is 0 Å². The monoisotopic (exact) mass is 264 g/mol. The molecule has 0 aliphatic rings. The van der Waals surface area contributed by atoms with E-state index in [1.807, 2.05) is 0 Å². The molecule has 0 amide bonds. The predicted molar refractivity (Wildman–Crippen MR) is 46.2 cm³/mol. The third kappa shape index (κ3) is 2.04. The van der Waals surface area contributed by atoms with Crippen molar-refractivity contribution in [3.05, 3.63) is 27.7 Å². The molecule has 6 heteroatoms. The van der Waals surface area contributed by atoms with Crippen LogP contribution in [0.15, 0.2) is 10.7 Å². The molecule has 0 N–H and O–H groups in total. The highest BCUT2D eigenvalue weighted by Crippen LogP contribution is 2.27. The molecular formula is C8H4BrF3N2. The molecule has 0 saturated carbocycles. The fourth-order valence-electron chi connectivity index (χ4n) is 0.875. The highest BCUT2D eigenvalue weighted by atomic mass is 79.9. The molecule has 1 heterocycles. The Hall–Kier alpha value is -1.09. The molecule has 1 aromatic rings. The summed E-state index contributed by atoms with van der Waals surface area (Å²) in [6.07, 6.45) is -1.96. The molecule has 1 rings (SSSR count). The van der Waals surface area contributed by atoms with E-state index in [0.29, 0.717) is 0 Å². The first-order valence-corrected chi connectivity index (χ1v) is 4.35. The van der Waals surface area contributed by atoms with Crippen LogP contribution in [0.25, 0.3) is 0 Å². The quantitative estimate of drug-likeness (QED) is 0.824. The number of hydrogen-bond acceptors (Lipinski definition) is 2. The molecule has 0 atom stereocenters. The number of nitriles is 1. The number of alkyl halides is 2. The van der Waals surface area contributed by atoms with E-state index in [0.717, 1.165) is 6.20 Å². The van der Waals surface area contributed by atoms with Gasteiger partial charge in [0, 0.05) is 11.8 Å². The number of pyridine rings is 1. The van der Waals surface area contributed by atoms with Crippen molar-refractivity contribution < 1.29 is 13.2 Å². The van der Waals surface area contributed by atoms with Gasteiger partial charge in [0.25, 0.3) is 6.43 Å². The second-order valence-corrected chi connectivity index (χ2v) is 3.23. The van der Waals surface area contributed by atoms with Crippen LogP contribution >= 0.6 is 15.9 Å². The summed E-state index contributed by atoms with van der Waals surface area (Å²) < 4.78 is 37.3. The topological polar surface area (TPSA) is 36.7 Å². The molecule has 0 aliphatic carbocycles. The van der Waals surface area contributed by atoms with Crippen LogP contribution in [0.4, 0.5) is 13.2 Å². The minimum Gasteiger partial charge on any atom is -0.252 e. The first-order chi connectivity index (χ1) is 6.57. The minimum atomic E-state index is -2.96. The van der Waals surface area contributed by atoms with Gasteiger partial charge in [0.15, 0.2) is 5.82 Å². The highest BCUT2D eigenvalue weighted by Gasteiger charge is 2.19. The molecule has 0 saturated heterocycles. The molecule has 0 aliphatic heterocycles. The van der Waals surface area contributed by atoms with Gasteiger partial charge >= 0.3 is 0 Å². The second-order valence-electron chi connectivity index (χ2n) is 2.43. The van der Waals surface area contributed by atoms with Gasteiger partial charge in [-0.2, -0.15) is 5.26 Å². The van der Waals surface area contributed by atoms with Gasteiger partial charge in [0.05, 0.1) is 17.0 Å². The summed E-state index contributed by atoms with van der Waals surface area (Å²) in [4.78, 5) is 3.25. The van der Waals surface area contributed by atoms with Gasteiger partial charge in [-0.05, 0) is 15.9 Å². The van der Waals surface area contributed by atoms with Crippen LogP contribution in [0, 0.1) is 17.1 Å². The van der Waals surface area contributed by atoms with Crippen LogP contribution < -0.4 is 0 Å². The van der Waals surface area contributed by atoms with E-state index in [2.05, 4.69) is 20.9 Å². The van der Waals surface area contributed by atoms with Crippen molar-refractivity contribution in [1.82, 2.24) is 4.98 Å². The molecule has 0 unspecified atom stereocenters. The minimum absolute atomic E-state index is 0.0754. The number of halogens is 4. The van der Waals surface area contributed by atoms with Crippen molar-refractivity contribution in [3.8, 4) is 6.07 Å². The molecule has 0 radical (unpaired) electrons. The number of rotatable bonds is 2. The Labute approximate surface area is 86.5 Å². The van der Waals surface area contributed by atoms with Crippen molar-refractivity contribution in [2.45, 2.75) is 12.8 Å². The molecule has 0 spiro atoms. The fourth-order valence-corrected chi connectivity index (χ4v) is 1.32. The van der Waals surface area contributed by atoms with Gasteiger partial charge in [-0.3, -0.25) is 4.98 Å². The van der Waals surface area contributed by atoms with Gasteiger partial charge in [0.1, 0.15) is 5.69 Å². The van der Waals surface area contributed by atoms with E-state index < -0.39 is 17.9 Å². The largest absolute Gasteiger partial charge is 0.283 e. The van der Waals surface area contributed by atoms with Crippen LogP contribution in [-0.2, 0) is 6.42 Å². The van der Waals surface area contributed by atoms with Crippen molar-refractivity contribution in [1.29, 1.82) is 5.26 Å². The lowest BCUT2D eigenvalue weighted by atomic mass is 10.2. The van der Waals surface area contributed by atoms with Crippen molar-refractivity contribution in [2.24, 2.45) is 0 Å². The summed E-state index contributed by atoms with van der Waals surface area (Å²) in [7, 11) is 0. The second kappa shape index (κ2) is 4.42. The lowest BCUT2D eigenvalue weighted by molar-refractivity contribution is 0.140. The standard InChI is InChI=1S/C8H4BrF3N2/c9-5-4(1-2-13)3-14-7(6(5)10)8(11)12/h3,8H,1H2. The maximum absolute atomic E-state index is 13.1. The van der Waals surface area contributed by atoms with Gasteiger partial charge in [-0.25, -0.2) is 13.2 Å². The highest BCUT2D eigenvalue weighted by molar-refractivity contribution is 9.10. The van der Waals surface area contributed by atoms with Crippen molar-refractivity contribution in [3.63, 3.8) is 0 Å². The summed E-state index contributed by atoms with van der Waals surface area (Å²) in [5.74, 6) is -1.10. The first-order valence-electron chi connectivity index (χ1n) is 3.55. The van der Waals surface area contributed by atoms with E-state index in [1.54, 1.807) is 6.07 Å². The molecular weight excluding hydrogens is 261 g/mol. The van der Waals surface area contributed by atoms with E-state index in [1.165, 1.54) is 0 Å². The average molecular weight is 265 g/mol. The van der Waals surface area contributed by atoms with E-state index in [-0.39, 0.29) is 16.5 Å². The summed E-state index contributed by atoms with van der Waals surface area (Å²) in [5, 5.41) is 8.34. The van der Waals surface area contributed by atoms with Crippen LogP contribution in [0.5, 0.6) is 0 Å². The van der Waals surface area contributed by atoms with E-state index >= 15 is 0 Å². The van der Waals surface area contributed by atoms with Crippen LogP contribution in [-0.4, -0.2) is 4.98 Å². The molecule has 74 valence electrons. The Kier molecular flexibility index (Phi) is 3.47. The Morgan fingerprint density at radius 3 is 2.71 bits per heavy atom. The van der Waals surface area contributed by atoms with Crippen molar-refractivity contribution >= 4 is 15.9 Å². The fraction of sp³-hybridized carbons (Fsp3) is 0.250.